The van der Waals surface area contributed by atoms with Crippen molar-refractivity contribution in [3.63, 3.8) is 0 Å². The van der Waals surface area contributed by atoms with Crippen molar-refractivity contribution in [2.75, 3.05) is 6.61 Å². The number of rotatable bonds is 6. The van der Waals surface area contributed by atoms with Crippen molar-refractivity contribution in [1.82, 2.24) is 15.3 Å². The van der Waals surface area contributed by atoms with Gasteiger partial charge in [0.25, 0.3) is 5.91 Å². The maximum atomic E-state index is 12.4. The fraction of sp³-hybridized carbons (Fsp3) is 0.476. The molecule has 0 saturated heterocycles. The smallest absolute Gasteiger partial charge is 0.338 e. The summed E-state index contributed by atoms with van der Waals surface area (Å²) < 4.78 is 5.09. The molecular formula is C21H26ClN3O3. The van der Waals surface area contributed by atoms with Gasteiger partial charge >= 0.3 is 5.97 Å². The predicted molar refractivity (Wildman–Crippen MR) is 108 cm³/mol. The van der Waals surface area contributed by atoms with Crippen LogP contribution in [0.2, 0.25) is 5.15 Å². The number of amides is 1. The van der Waals surface area contributed by atoms with Gasteiger partial charge < -0.3 is 15.0 Å². The van der Waals surface area contributed by atoms with E-state index in [1.807, 2.05) is 19.1 Å². The summed E-state index contributed by atoms with van der Waals surface area (Å²) >= 11 is 6.02. The molecule has 1 aliphatic carbocycles. The Morgan fingerprint density at radius 1 is 1.25 bits per heavy atom. The van der Waals surface area contributed by atoms with Crippen LogP contribution in [0.1, 0.15) is 77.7 Å². The molecular weight excluding hydrogens is 378 g/mol. The molecule has 1 saturated carbocycles. The number of imidazole rings is 1. The van der Waals surface area contributed by atoms with Crippen molar-refractivity contribution >= 4 is 23.5 Å². The van der Waals surface area contributed by atoms with Gasteiger partial charge in [0.05, 0.1) is 17.9 Å². The SMILES string of the molecule is CCOC(=O)c1cccc([C@H]2CC[C@@H](NC(=O)c3nc(Cl)c(CC)[nH]3)CC2)c1. The highest BCUT2D eigenvalue weighted by molar-refractivity contribution is 6.30. The number of aromatic amines is 1. The highest BCUT2D eigenvalue weighted by atomic mass is 35.5. The number of hydrogen-bond acceptors (Lipinski definition) is 4. The lowest BCUT2D eigenvalue weighted by molar-refractivity contribution is 0.0526. The van der Waals surface area contributed by atoms with E-state index >= 15 is 0 Å². The summed E-state index contributed by atoms with van der Waals surface area (Å²) in [4.78, 5) is 31.4. The summed E-state index contributed by atoms with van der Waals surface area (Å²) in [6, 6.07) is 7.79. The topological polar surface area (TPSA) is 84.1 Å². The zero-order chi connectivity index (χ0) is 20.1. The third kappa shape index (κ3) is 4.73. The normalized spacial score (nSPS) is 19.2. The van der Waals surface area contributed by atoms with Gasteiger partial charge in [0, 0.05) is 6.04 Å². The van der Waals surface area contributed by atoms with Crippen LogP contribution < -0.4 is 5.32 Å². The lowest BCUT2D eigenvalue weighted by Crippen LogP contribution is -2.37. The summed E-state index contributed by atoms with van der Waals surface area (Å²) in [7, 11) is 0. The van der Waals surface area contributed by atoms with E-state index in [-0.39, 0.29) is 23.7 Å². The van der Waals surface area contributed by atoms with Crippen LogP contribution >= 0.6 is 11.6 Å². The number of halogens is 1. The summed E-state index contributed by atoms with van der Waals surface area (Å²) in [6.45, 7) is 4.13. The molecule has 1 aromatic heterocycles. The van der Waals surface area contributed by atoms with E-state index in [0.29, 0.717) is 29.7 Å². The van der Waals surface area contributed by atoms with Crippen LogP contribution in [0.5, 0.6) is 0 Å². The lowest BCUT2D eigenvalue weighted by Gasteiger charge is -2.29. The molecule has 0 atom stereocenters. The number of benzene rings is 1. The third-order valence-electron chi connectivity index (χ3n) is 5.23. The lowest BCUT2D eigenvalue weighted by atomic mass is 9.81. The van der Waals surface area contributed by atoms with E-state index in [0.717, 1.165) is 36.9 Å². The largest absolute Gasteiger partial charge is 0.462 e. The minimum Gasteiger partial charge on any atom is -0.462 e. The molecule has 1 amide bonds. The number of ether oxygens (including phenoxy) is 1. The van der Waals surface area contributed by atoms with Crippen molar-refractivity contribution in [2.24, 2.45) is 0 Å². The Kier molecular flexibility index (Phi) is 6.73. The fourth-order valence-corrected chi connectivity index (χ4v) is 3.95. The Labute approximate surface area is 170 Å². The van der Waals surface area contributed by atoms with E-state index in [4.69, 9.17) is 16.3 Å². The highest BCUT2D eigenvalue weighted by Crippen LogP contribution is 2.33. The van der Waals surface area contributed by atoms with Crippen LogP contribution in [0.15, 0.2) is 24.3 Å². The highest BCUT2D eigenvalue weighted by Gasteiger charge is 2.25. The van der Waals surface area contributed by atoms with Gasteiger partial charge in [-0.25, -0.2) is 9.78 Å². The molecule has 2 N–H and O–H groups in total. The van der Waals surface area contributed by atoms with Crippen LogP contribution in [0.4, 0.5) is 0 Å². The maximum Gasteiger partial charge on any atom is 0.338 e. The number of nitrogens with zero attached hydrogens (tertiary/aromatic N) is 1. The number of carbonyl (C=O) groups is 2. The molecule has 0 radical (unpaired) electrons. The molecule has 150 valence electrons. The van der Waals surface area contributed by atoms with Crippen LogP contribution in [0.25, 0.3) is 0 Å². The first kappa shape index (κ1) is 20.4. The molecule has 1 heterocycles. The summed E-state index contributed by atoms with van der Waals surface area (Å²) in [6.07, 6.45) is 4.38. The summed E-state index contributed by atoms with van der Waals surface area (Å²) in [5, 5.41) is 3.41. The predicted octanol–water partition coefficient (Wildman–Crippen LogP) is 4.26. The van der Waals surface area contributed by atoms with Crippen molar-refractivity contribution in [2.45, 2.75) is 57.9 Å². The van der Waals surface area contributed by atoms with E-state index in [1.54, 1.807) is 13.0 Å². The standard InChI is InChI=1S/C21H26ClN3O3/c1-3-17-18(22)25-19(24-17)20(26)23-16-10-8-13(9-11-16)14-6-5-7-15(12-14)21(27)28-4-2/h5-7,12-13,16H,3-4,8-11H2,1-2H3,(H,23,26)(H,24,25)/t13-,16+. The number of H-pyrrole nitrogens is 1. The van der Waals surface area contributed by atoms with Crippen LogP contribution in [-0.4, -0.2) is 34.5 Å². The molecule has 7 heteroatoms. The Bertz CT molecular complexity index is 841. The van der Waals surface area contributed by atoms with Crippen molar-refractivity contribution in [3.8, 4) is 0 Å². The molecule has 0 aliphatic heterocycles. The molecule has 0 bridgehead atoms. The molecule has 3 rings (SSSR count). The zero-order valence-electron chi connectivity index (χ0n) is 16.3. The first-order valence-electron chi connectivity index (χ1n) is 9.84. The van der Waals surface area contributed by atoms with Crippen molar-refractivity contribution in [3.05, 3.63) is 52.1 Å². The van der Waals surface area contributed by atoms with Crippen LogP contribution in [0.3, 0.4) is 0 Å². The van der Waals surface area contributed by atoms with E-state index in [2.05, 4.69) is 21.4 Å². The number of esters is 1. The quantitative estimate of drug-likeness (QED) is 0.706. The second kappa shape index (κ2) is 9.24. The van der Waals surface area contributed by atoms with Gasteiger partial charge in [-0.15, -0.1) is 0 Å². The van der Waals surface area contributed by atoms with Gasteiger partial charge in [-0.2, -0.15) is 0 Å². The number of aryl methyl sites for hydroxylation is 1. The molecule has 28 heavy (non-hydrogen) atoms. The molecule has 1 fully saturated rings. The average molecular weight is 404 g/mol. The number of hydrogen-bond donors (Lipinski definition) is 2. The van der Waals surface area contributed by atoms with Gasteiger partial charge in [-0.3, -0.25) is 4.79 Å². The molecule has 0 unspecified atom stereocenters. The van der Waals surface area contributed by atoms with Crippen molar-refractivity contribution in [1.29, 1.82) is 0 Å². The Morgan fingerprint density at radius 2 is 2.00 bits per heavy atom. The van der Waals surface area contributed by atoms with Crippen LogP contribution in [0, 0.1) is 0 Å². The first-order valence-corrected chi connectivity index (χ1v) is 10.2. The van der Waals surface area contributed by atoms with Gasteiger partial charge in [0.15, 0.2) is 11.0 Å². The molecule has 1 aromatic carbocycles. The summed E-state index contributed by atoms with van der Waals surface area (Å²) in [5.41, 5.74) is 2.52. The van der Waals surface area contributed by atoms with Gasteiger partial charge in [-0.05, 0) is 62.6 Å². The van der Waals surface area contributed by atoms with Gasteiger partial charge in [0.1, 0.15) is 0 Å². The Hall–Kier alpha value is -2.34. The molecule has 1 aliphatic rings. The van der Waals surface area contributed by atoms with Crippen LogP contribution in [-0.2, 0) is 11.2 Å². The van der Waals surface area contributed by atoms with Gasteiger partial charge in [-0.1, -0.05) is 30.7 Å². The molecule has 6 nitrogen and oxygen atoms in total. The number of aromatic nitrogens is 2. The second-order valence-electron chi connectivity index (χ2n) is 7.08. The number of nitrogens with one attached hydrogen (secondary N) is 2. The average Bonchev–Trinajstić information content (AvgIpc) is 3.10. The van der Waals surface area contributed by atoms with E-state index in [1.165, 1.54) is 0 Å². The minimum absolute atomic E-state index is 0.117. The zero-order valence-corrected chi connectivity index (χ0v) is 17.0. The molecule has 0 spiro atoms. The number of carbonyl (C=O) groups excluding carboxylic acids is 2. The van der Waals surface area contributed by atoms with E-state index < -0.39 is 0 Å². The Morgan fingerprint density at radius 3 is 2.64 bits per heavy atom. The maximum absolute atomic E-state index is 12.4. The first-order chi connectivity index (χ1) is 13.5. The third-order valence-corrected chi connectivity index (χ3v) is 5.54. The fourth-order valence-electron chi connectivity index (χ4n) is 3.69. The van der Waals surface area contributed by atoms with E-state index in [9.17, 15) is 9.59 Å². The Balaban J connectivity index is 1.56. The van der Waals surface area contributed by atoms with Crippen molar-refractivity contribution < 1.29 is 14.3 Å². The monoisotopic (exact) mass is 403 g/mol. The summed E-state index contributed by atoms with van der Waals surface area (Å²) in [5.74, 6) is 0.154. The second-order valence-corrected chi connectivity index (χ2v) is 7.43. The minimum atomic E-state index is -0.283. The molecule has 2 aromatic rings. The van der Waals surface area contributed by atoms with Gasteiger partial charge in [0.2, 0.25) is 0 Å².